The molecule has 7 nitrogen and oxygen atoms in total. The Morgan fingerprint density at radius 1 is 1.03 bits per heavy atom. The molecule has 1 fully saturated rings. The Hall–Kier alpha value is -4.28. The molecule has 4 heterocycles. The maximum Gasteiger partial charge on any atom is 0.145 e. The average Bonchev–Trinajstić information content (AvgIpc) is 3.41. The van der Waals surface area contributed by atoms with E-state index in [9.17, 15) is 5.26 Å². The van der Waals surface area contributed by atoms with Gasteiger partial charge < -0.3 is 9.64 Å². The average molecular weight is 475 g/mol. The number of piperidine rings is 1. The summed E-state index contributed by atoms with van der Waals surface area (Å²) in [5.74, 6) is 1.31. The first-order valence-electron chi connectivity index (χ1n) is 12.2. The molecule has 1 unspecified atom stereocenters. The van der Waals surface area contributed by atoms with Gasteiger partial charge in [-0.15, -0.1) is 0 Å². The highest BCUT2D eigenvalue weighted by Gasteiger charge is 2.21. The molecule has 0 aliphatic carbocycles. The molecule has 1 aliphatic rings. The zero-order valence-corrected chi connectivity index (χ0v) is 20.1. The quantitative estimate of drug-likeness (QED) is 0.348. The van der Waals surface area contributed by atoms with Gasteiger partial charge in [0.15, 0.2) is 0 Å². The lowest BCUT2D eigenvalue weighted by Gasteiger charge is -2.29. The molecule has 0 spiro atoms. The summed E-state index contributed by atoms with van der Waals surface area (Å²) >= 11 is 0. The fourth-order valence-electron chi connectivity index (χ4n) is 5.14. The molecule has 0 radical (unpaired) electrons. The largest absolute Gasteiger partial charge is 0.491 e. The van der Waals surface area contributed by atoms with Crippen LogP contribution in [0.25, 0.3) is 38.9 Å². The summed E-state index contributed by atoms with van der Waals surface area (Å²) in [6.45, 7) is 2.87. The van der Waals surface area contributed by atoms with Crippen LogP contribution in [0.5, 0.6) is 5.75 Å². The molecule has 0 N–H and O–H groups in total. The van der Waals surface area contributed by atoms with Gasteiger partial charge in [-0.1, -0.05) is 18.2 Å². The molecular formula is C29H26N6O. The van der Waals surface area contributed by atoms with Gasteiger partial charge >= 0.3 is 0 Å². The molecule has 1 atom stereocenters. The van der Waals surface area contributed by atoms with Crippen molar-refractivity contribution >= 4 is 16.6 Å². The Balaban J connectivity index is 1.49. The Bertz CT molecular complexity index is 1580. The minimum absolute atomic E-state index is 0.504. The standard InChI is InChI=1S/C29H26N6O/c1-34-12-2-3-21(17-34)18-36-28-14-24(22-6-4-20(15-30)5-7-22)29(35-19-31-16-27(28)35)23-8-9-25-26(13-23)33-11-10-32-25/h4-11,13-14,16,19,21H,2-3,12,17-18H2,1H3. The molecule has 6 rings (SSSR count). The Labute approximate surface area is 209 Å². The first-order valence-corrected chi connectivity index (χ1v) is 12.2. The van der Waals surface area contributed by atoms with Gasteiger partial charge in [0.2, 0.25) is 0 Å². The van der Waals surface area contributed by atoms with Crippen LogP contribution >= 0.6 is 0 Å². The molecule has 5 aromatic rings. The third-order valence-corrected chi connectivity index (χ3v) is 6.93. The minimum atomic E-state index is 0.504. The number of pyridine rings is 1. The third-order valence-electron chi connectivity index (χ3n) is 6.93. The van der Waals surface area contributed by atoms with E-state index in [-0.39, 0.29) is 0 Å². The van der Waals surface area contributed by atoms with Crippen LogP contribution in [0.15, 0.2) is 73.4 Å². The van der Waals surface area contributed by atoms with E-state index in [1.54, 1.807) is 12.4 Å². The van der Waals surface area contributed by atoms with Crippen molar-refractivity contribution in [3.8, 4) is 34.2 Å². The molecule has 36 heavy (non-hydrogen) atoms. The normalized spacial score (nSPS) is 16.3. The van der Waals surface area contributed by atoms with E-state index in [2.05, 4.69) is 55.6 Å². The smallest absolute Gasteiger partial charge is 0.145 e. The second-order valence-corrected chi connectivity index (χ2v) is 9.45. The lowest BCUT2D eigenvalue weighted by atomic mass is 9.97. The fraction of sp³-hybridized carbons (Fsp3) is 0.241. The van der Waals surface area contributed by atoms with Gasteiger partial charge in [-0.25, -0.2) is 4.98 Å². The highest BCUT2D eigenvalue weighted by atomic mass is 16.5. The van der Waals surface area contributed by atoms with Gasteiger partial charge in [-0.05, 0) is 62.3 Å². The van der Waals surface area contributed by atoms with Gasteiger partial charge in [0.05, 0.1) is 47.5 Å². The molecule has 1 saturated heterocycles. The molecule has 0 saturated carbocycles. The molecule has 3 aromatic heterocycles. The van der Waals surface area contributed by atoms with Gasteiger partial charge in [0.1, 0.15) is 11.3 Å². The van der Waals surface area contributed by atoms with Crippen molar-refractivity contribution in [1.29, 1.82) is 5.26 Å². The molecule has 0 bridgehead atoms. The maximum absolute atomic E-state index is 9.30. The summed E-state index contributed by atoms with van der Waals surface area (Å²) in [7, 11) is 2.17. The van der Waals surface area contributed by atoms with Crippen LogP contribution in [-0.2, 0) is 0 Å². The van der Waals surface area contributed by atoms with Crippen LogP contribution < -0.4 is 4.74 Å². The highest BCUT2D eigenvalue weighted by Crippen LogP contribution is 2.38. The molecule has 0 amide bonds. The second kappa shape index (κ2) is 9.40. The van der Waals surface area contributed by atoms with E-state index >= 15 is 0 Å². The molecular weight excluding hydrogens is 448 g/mol. The maximum atomic E-state index is 9.30. The number of fused-ring (bicyclic) bond motifs is 2. The summed E-state index contributed by atoms with van der Waals surface area (Å²) in [5, 5.41) is 9.30. The zero-order chi connectivity index (χ0) is 24.5. The summed E-state index contributed by atoms with van der Waals surface area (Å²) in [6.07, 6.45) is 9.48. The van der Waals surface area contributed by atoms with E-state index in [1.807, 2.05) is 42.9 Å². The SMILES string of the molecule is CN1CCCC(COc2cc(-c3ccc(C#N)cc3)c(-c3ccc4nccnc4c3)n3cncc23)C1. The van der Waals surface area contributed by atoms with Crippen molar-refractivity contribution in [2.24, 2.45) is 5.92 Å². The Morgan fingerprint density at radius 2 is 1.83 bits per heavy atom. The first kappa shape index (κ1) is 22.2. The lowest BCUT2D eigenvalue weighted by Crippen LogP contribution is -2.34. The number of hydrogen-bond acceptors (Lipinski definition) is 6. The fourth-order valence-corrected chi connectivity index (χ4v) is 5.14. The van der Waals surface area contributed by atoms with E-state index in [0.29, 0.717) is 18.1 Å². The van der Waals surface area contributed by atoms with Crippen molar-refractivity contribution in [2.75, 3.05) is 26.7 Å². The predicted octanol–water partition coefficient (Wildman–Crippen LogP) is 5.20. The first-order chi connectivity index (χ1) is 17.7. The number of rotatable bonds is 5. The van der Waals surface area contributed by atoms with Gasteiger partial charge in [-0.3, -0.25) is 14.4 Å². The van der Waals surface area contributed by atoms with E-state index in [0.717, 1.165) is 57.8 Å². The van der Waals surface area contributed by atoms with Crippen molar-refractivity contribution in [3.05, 3.63) is 79.0 Å². The van der Waals surface area contributed by atoms with Crippen molar-refractivity contribution < 1.29 is 4.74 Å². The molecule has 178 valence electrons. The van der Waals surface area contributed by atoms with Crippen LogP contribution in [-0.4, -0.2) is 51.0 Å². The number of imidazole rings is 1. The van der Waals surface area contributed by atoms with Gasteiger partial charge in [0.25, 0.3) is 0 Å². The van der Waals surface area contributed by atoms with Crippen LogP contribution in [0.4, 0.5) is 0 Å². The van der Waals surface area contributed by atoms with E-state index in [4.69, 9.17) is 4.74 Å². The number of aromatic nitrogens is 4. The number of hydrogen-bond donors (Lipinski definition) is 0. The lowest BCUT2D eigenvalue weighted by molar-refractivity contribution is 0.151. The molecule has 2 aromatic carbocycles. The number of benzene rings is 2. The van der Waals surface area contributed by atoms with Crippen molar-refractivity contribution in [2.45, 2.75) is 12.8 Å². The summed E-state index contributed by atoms with van der Waals surface area (Å²) < 4.78 is 8.56. The van der Waals surface area contributed by atoms with Crippen LogP contribution in [0, 0.1) is 17.2 Å². The Kier molecular flexibility index (Phi) is 5.80. The second-order valence-electron chi connectivity index (χ2n) is 9.45. The number of nitriles is 1. The summed E-state index contributed by atoms with van der Waals surface area (Å²) in [6, 6.07) is 18.1. The predicted molar refractivity (Wildman–Crippen MR) is 140 cm³/mol. The number of likely N-dealkylation sites (tertiary alicyclic amines) is 1. The van der Waals surface area contributed by atoms with Crippen LogP contribution in [0.1, 0.15) is 18.4 Å². The van der Waals surface area contributed by atoms with Crippen molar-refractivity contribution in [1.82, 2.24) is 24.3 Å². The summed E-state index contributed by atoms with van der Waals surface area (Å²) in [4.78, 5) is 15.8. The highest BCUT2D eigenvalue weighted by molar-refractivity contribution is 5.89. The van der Waals surface area contributed by atoms with E-state index < -0.39 is 0 Å². The van der Waals surface area contributed by atoms with E-state index in [1.165, 1.54) is 12.8 Å². The molecule has 1 aliphatic heterocycles. The van der Waals surface area contributed by atoms with Gasteiger partial charge in [-0.2, -0.15) is 5.26 Å². The number of ether oxygens (including phenoxy) is 1. The van der Waals surface area contributed by atoms with Crippen LogP contribution in [0.3, 0.4) is 0 Å². The van der Waals surface area contributed by atoms with Gasteiger partial charge in [0, 0.05) is 36.0 Å². The third kappa shape index (κ3) is 4.16. The minimum Gasteiger partial charge on any atom is -0.491 e. The Morgan fingerprint density at radius 3 is 2.64 bits per heavy atom. The van der Waals surface area contributed by atoms with Crippen LogP contribution in [0.2, 0.25) is 0 Å². The zero-order valence-electron chi connectivity index (χ0n) is 20.1. The number of nitrogens with zero attached hydrogens (tertiary/aromatic N) is 6. The summed E-state index contributed by atoms with van der Waals surface area (Å²) in [5.41, 5.74) is 7.23. The molecule has 7 heteroatoms. The van der Waals surface area contributed by atoms with Crippen molar-refractivity contribution in [3.63, 3.8) is 0 Å². The topological polar surface area (TPSA) is 79.3 Å². The monoisotopic (exact) mass is 474 g/mol.